The van der Waals surface area contributed by atoms with Crippen LogP contribution in [0.4, 0.5) is 0 Å². The number of aliphatic hydroxyl groups is 1. The molecule has 1 aliphatic rings. The fraction of sp³-hybridized carbons (Fsp3) is 1.00. The molecule has 78 valence electrons. The first-order valence-electron chi connectivity index (χ1n) is 4.15. The summed E-state index contributed by atoms with van der Waals surface area (Å²) in [5.74, 6) is -0.471. The van der Waals surface area contributed by atoms with Crippen molar-refractivity contribution in [2.75, 3.05) is 20.1 Å². The molecule has 0 aromatic rings. The highest BCUT2D eigenvalue weighted by Crippen LogP contribution is 2.31. The van der Waals surface area contributed by atoms with Crippen LogP contribution in [0.15, 0.2) is 0 Å². The second kappa shape index (κ2) is 3.20. The van der Waals surface area contributed by atoms with E-state index in [-0.39, 0.29) is 6.42 Å². The zero-order valence-electron chi connectivity index (χ0n) is 7.77. The lowest BCUT2D eigenvalue weighted by atomic mass is 9.96. The van der Waals surface area contributed by atoms with Crippen molar-refractivity contribution in [1.29, 1.82) is 0 Å². The fourth-order valence-electron chi connectivity index (χ4n) is 1.68. The van der Waals surface area contributed by atoms with E-state index in [9.17, 15) is 13.5 Å². The van der Waals surface area contributed by atoms with E-state index in [0.29, 0.717) is 13.1 Å². The van der Waals surface area contributed by atoms with E-state index in [4.69, 9.17) is 4.55 Å². The monoisotopic (exact) mass is 209 g/mol. The number of piperidine rings is 1. The van der Waals surface area contributed by atoms with Gasteiger partial charge >= 0.3 is 0 Å². The summed E-state index contributed by atoms with van der Waals surface area (Å²) in [6.07, 6.45) is 0.0590. The third-order valence-electron chi connectivity index (χ3n) is 2.65. The lowest BCUT2D eigenvalue weighted by Gasteiger charge is -2.39. The summed E-state index contributed by atoms with van der Waals surface area (Å²) >= 11 is 0. The van der Waals surface area contributed by atoms with Crippen molar-refractivity contribution in [2.24, 2.45) is 5.92 Å². The van der Waals surface area contributed by atoms with E-state index < -0.39 is 21.0 Å². The minimum Gasteiger partial charge on any atom is -0.372 e. The zero-order chi connectivity index (χ0) is 10.3. The molecule has 2 N–H and O–H groups in total. The normalized spacial score (nSPS) is 37.7. The molecule has 1 heterocycles. The Morgan fingerprint density at radius 1 is 1.54 bits per heavy atom. The molecule has 2 atom stereocenters. The van der Waals surface area contributed by atoms with Gasteiger partial charge in [-0.15, -0.1) is 0 Å². The molecule has 0 spiro atoms. The van der Waals surface area contributed by atoms with Gasteiger partial charge in [-0.3, -0.25) is 4.55 Å². The van der Waals surface area contributed by atoms with Crippen LogP contribution in [0.3, 0.4) is 0 Å². The van der Waals surface area contributed by atoms with Crippen LogP contribution in [0.2, 0.25) is 0 Å². The summed E-state index contributed by atoms with van der Waals surface area (Å²) < 4.78 is 30.7. The van der Waals surface area contributed by atoms with Crippen LogP contribution in [0.5, 0.6) is 0 Å². The highest BCUT2D eigenvalue weighted by Gasteiger charge is 2.48. The Balaban J connectivity index is 2.93. The highest BCUT2D eigenvalue weighted by atomic mass is 32.2. The molecule has 6 heteroatoms. The Hall–Kier alpha value is -0.170. The van der Waals surface area contributed by atoms with Crippen LogP contribution >= 0.6 is 0 Å². The lowest BCUT2D eigenvalue weighted by Crippen LogP contribution is -2.54. The molecule has 0 aliphatic carbocycles. The molecule has 5 nitrogen and oxygen atoms in total. The van der Waals surface area contributed by atoms with Gasteiger partial charge in [-0.05, 0) is 7.05 Å². The van der Waals surface area contributed by atoms with Gasteiger partial charge in [0, 0.05) is 25.4 Å². The molecule has 0 saturated carbocycles. The van der Waals surface area contributed by atoms with Crippen molar-refractivity contribution in [3.63, 3.8) is 0 Å². The smallest absolute Gasteiger partial charge is 0.295 e. The molecule has 1 fully saturated rings. The number of rotatable bonds is 1. The third-order valence-corrected chi connectivity index (χ3v) is 4.15. The number of nitrogens with zero attached hydrogens (tertiary/aromatic N) is 1. The van der Waals surface area contributed by atoms with E-state index >= 15 is 0 Å². The van der Waals surface area contributed by atoms with Crippen LogP contribution in [0, 0.1) is 5.92 Å². The van der Waals surface area contributed by atoms with Crippen LogP contribution < -0.4 is 0 Å². The number of hydrogen-bond acceptors (Lipinski definition) is 4. The second-order valence-electron chi connectivity index (χ2n) is 3.73. The van der Waals surface area contributed by atoms with Gasteiger partial charge in [0.1, 0.15) is 0 Å². The summed E-state index contributed by atoms with van der Waals surface area (Å²) in [7, 11) is -2.52. The van der Waals surface area contributed by atoms with Crippen LogP contribution in [0.25, 0.3) is 0 Å². The Labute approximate surface area is 78.1 Å². The highest BCUT2D eigenvalue weighted by molar-refractivity contribution is 7.87. The van der Waals surface area contributed by atoms with E-state index in [1.165, 1.54) is 0 Å². The molecule has 1 aliphatic heterocycles. The third kappa shape index (κ3) is 1.85. The Morgan fingerprint density at radius 3 is 2.46 bits per heavy atom. The van der Waals surface area contributed by atoms with Gasteiger partial charge in [-0.1, -0.05) is 6.92 Å². The predicted octanol–water partition coefficient (Wildman–Crippen LogP) is -0.466. The van der Waals surface area contributed by atoms with Crippen molar-refractivity contribution in [3.8, 4) is 0 Å². The molecule has 1 rings (SSSR count). The van der Waals surface area contributed by atoms with Crippen molar-refractivity contribution in [3.05, 3.63) is 0 Å². The number of hydrogen-bond donors (Lipinski definition) is 2. The van der Waals surface area contributed by atoms with E-state index in [0.717, 1.165) is 0 Å². The van der Waals surface area contributed by atoms with E-state index in [2.05, 4.69) is 0 Å². The first kappa shape index (κ1) is 10.9. The van der Waals surface area contributed by atoms with Crippen molar-refractivity contribution >= 4 is 10.1 Å². The van der Waals surface area contributed by atoms with Gasteiger partial charge < -0.3 is 10.0 Å². The molecule has 1 saturated heterocycles. The average Bonchev–Trinajstić information content (AvgIpc) is 1.95. The average molecular weight is 209 g/mol. The van der Waals surface area contributed by atoms with Crippen molar-refractivity contribution in [1.82, 2.24) is 4.90 Å². The standard InChI is InChI=1S/C7H15NO4S/c1-6-5-8(2)4-3-7(6,9)13(10,11)12/h6,9H,3-5H2,1-2H3,(H,10,11,12). The second-order valence-corrected chi connectivity index (χ2v) is 5.39. The van der Waals surface area contributed by atoms with Gasteiger partial charge in [0.15, 0.2) is 4.93 Å². The maximum absolute atomic E-state index is 10.9. The Morgan fingerprint density at radius 2 is 2.08 bits per heavy atom. The minimum absolute atomic E-state index is 0.0590. The summed E-state index contributed by atoms with van der Waals surface area (Å²) in [5, 5.41) is 9.73. The fourth-order valence-corrected chi connectivity index (χ4v) is 2.61. The first-order valence-corrected chi connectivity index (χ1v) is 5.59. The van der Waals surface area contributed by atoms with Gasteiger partial charge in [-0.25, -0.2) is 0 Å². The first-order chi connectivity index (χ1) is 5.77. The summed E-state index contributed by atoms with van der Waals surface area (Å²) in [4.78, 5) is -0.0379. The Kier molecular flexibility index (Phi) is 2.68. The molecule has 2 unspecified atom stereocenters. The van der Waals surface area contributed by atoms with Crippen molar-refractivity contribution < 1.29 is 18.1 Å². The van der Waals surface area contributed by atoms with E-state index in [1.54, 1.807) is 6.92 Å². The topological polar surface area (TPSA) is 77.8 Å². The van der Waals surface area contributed by atoms with Gasteiger partial charge in [-0.2, -0.15) is 8.42 Å². The molecular weight excluding hydrogens is 194 g/mol. The maximum atomic E-state index is 10.9. The SMILES string of the molecule is CC1CN(C)CCC1(O)S(=O)(=O)O. The summed E-state index contributed by atoms with van der Waals surface area (Å²) in [6.45, 7) is 2.56. The lowest BCUT2D eigenvalue weighted by molar-refractivity contribution is 0.000791. The quantitative estimate of drug-likeness (QED) is 0.571. The van der Waals surface area contributed by atoms with E-state index in [1.807, 2.05) is 11.9 Å². The Bertz CT molecular complexity index is 289. The molecule has 0 radical (unpaired) electrons. The van der Waals surface area contributed by atoms with Crippen molar-refractivity contribution in [2.45, 2.75) is 18.3 Å². The minimum atomic E-state index is -4.37. The summed E-state index contributed by atoms with van der Waals surface area (Å²) in [6, 6.07) is 0. The molecule has 0 amide bonds. The summed E-state index contributed by atoms with van der Waals surface area (Å²) in [5.41, 5.74) is 0. The largest absolute Gasteiger partial charge is 0.372 e. The zero-order valence-corrected chi connectivity index (χ0v) is 8.58. The molecular formula is C7H15NO4S. The van der Waals surface area contributed by atoms with Crippen LogP contribution in [0.1, 0.15) is 13.3 Å². The van der Waals surface area contributed by atoms with Crippen LogP contribution in [-0.4, -0.2) is 48.0 Å². The van der Waals surface area contributed by atoms with Gasteiger partial charge in [0.05, 0.1) is 0 Å². The maximum Gasteiger partial charge on any atom is 0.295 e. The predicted molar refractivity (Wildman–Crippen MR) is 47.8 cm³/mol. The molecule has 0 aromatic heterocycles. The number of likely N-dealkylation sites (tertiary alicyclic amines) is 1. The van der Waals surface area contributed by atoms with Crippen LogP contribution in [-0.2, 0) is 10.1 Å². The van der Waals surface area contributed by atoms with Gasteiger partial charge in [0.25, 0.3) is 10.1 Å². The van der Waals surface area contributed by atoms with Gasteiger partial charge in [0.2, 0.25) is 0 Å². The molecule has 13 heavy (non-hydrogen) atoms. The molecule has 0 aromatic carbocycles. The molecule has 0 bridgehead atoms.